The van der Waals surface area contributed by atoms with Crippen LogP contribution in [0, 0.1) is 6.92 Å². The molecule has 35 heavy (non-hydrogen) atoms. The molecular weight excluding hydrogens is 458 g/mol. The molecule has 2 aromatic rings. The molecule has 0 saturated heterocycles. The first-order valence-electron chi connectivity index (χ1n) is 10.7. The fourth-order valence-corrected chi connectivity index (χ4v) is 3.74. The molecule has 10 heteroatoms. The standard InChI is InChI=1S/C25H25NO9/c1-13(5-11-19(27)28)4-10-17-21(33-3)14(2)18-12-34-24(31)20(18)22(17)35-25(32)26-16-8-6-15(7-9-16)23(29)30/h4,6-9H,5,10-12H2,1-3H3,(H,26,32)(H,27,28)(H,29,30)/b13-4+. The van der Waals surface area contributed by atoms with Crippen LogP contribution in [0.2, 0.25) is 0 Å². The number of benzene rings is 2. The number of allylic oxidation sites excluding steroid dienone is 2. The number of carboxylic acids is 2. The summed E-state index contributed by atoms with van der Waals surface area (Å²) in [5, 5.41) is 20.4. The molecule has 2 aromatic carbocycles. The molecule has 1 heterocycles. The molecule has 1 aliphatic heterocycles. The Labute approximate surface area is 201 Å². The number of hydrogen-bond acceptors (Lipinski definition) is 7. The van der Waals surface area contributed by atoms with Crippen LogP contribution in [0.15, 0.2) is 35.9 Å². The lowest BCUT2D eigenvalue weighted by molar-refractivity contribution is -0.136. The van der Waals surface area contributed by atoms with Crippen LogP contribution in [0.5, 0.6) is 11.5 Å². The SMILES string of the molecule is COc1c(C)c2c(c(OC(=O)Nc3ccc(C(=O)O)cc3)c1C/C=C(\C)CCC(=O)O)C(=O)OC2. The van der Waals surface area contributed by atoms with Crippen molar-refractivity contribution in [3.8, 4) is 11.5 Å². The number of carboxylic acid groups (broad SMARTS) is 2. The Hall–Kier alpha value is -4.34. The van der Waals surface area contributed by atoms with Gasteiger partial charge in [-0.2, -0.15) is 0 Å². The maximum Gasteiger partial charge on any atom is 0.417 e. The predicted molar refractivity (Wildman–Crippen MR) is 124 cm³/mol. The number of aromatic carboxylic acids is 1. The smallest absolute Gasteiger partial charge is 0.417 e. The molecule has 3 rings (SSSR count). The quantitative estimate of drug-likeness (QED) is 0.350. The Morgan fingerprint density at radius 2 is 1.80 bits per heavy atom. The van der Waals surface area contributed by atoms with Gasteiger partial charge in [-0.15, -0.1) is 0 Å². The fourth-order valence-electron chi connectivity index (χ4n) is 3.74. The minimum atomic E-state index is -1.10. The number of rotatable bonds is 9. The van der Waals surface area contributed by atoms with Crippen molar-refractivity contribution < 1.29 is 43.6 Å². The van der Waals surface area contributed by atoms with Crippen molar-refractivity contribution in [2.75, 3.05) is 12.4 Å². The van der Waals surface area contributed by atoms with Crippen molar-refractivity contribution in [3.63, 3.8) is 0 Å². The number of cyclic esters (lactones) is 1. The molecular formula is C25H25NO9. The van der Waals surface area contributed by atoms with Gasteiger partial charge >= 0.3 is 24.0 Å². The van der Waals surface area contributed by atoms with E-state index in [0.717, 1.165) is 5.57 Å². The first-order chi connectivity index (χ1) is 16.6. The summed E-state index contributed by atoms with van der Waals surface area (Å²) >= 11 is 0. The van der Waals surface area contributed by atoms with Gasteiger partial charge in [0.15, 0.2) is 5.75 Å². The van der Waals surface area contributed by atoms with E-state index in [1.165, 1.54) is 31.4 Å². The third-order valence-corrected chi connectivity index (χ3v) is 5.59. The number of amides is 1. The molecule has 1 amide bonds. The number of carbonyl (C=O) groups excluding carboxylic acids is 2. The van der Waals surface area contributed by atoms with E-state index in [0.29, 0.717) is 34.5 Å². The van der Waals surface area contributed by atoms with Crippen LogP contribution in [0.4, 0.5) is 10.5 Å². The Morgan fingerprint density at radius 1 is 1.11 bits per heavy atom. The predicted octanol–water partition coefficient (Wildman–Crippen LogP) is 4.34. The van der Waals surface area contributed by atoms with Gasteiger partial charge in [-0.25, -0.2) is 14.4 Å². The highest BCUT2D eigenvalue weighted by atomic mass is 16.6. The second-order valence-corrected chi connectivity index (χ2v) is 7.94. The second kappa shape index (κ2) is 10.7. The molecule has 0 aliphatic carbocycles. The van der Waals surface area contributed by atoms with Crippen LogP contribution >= 0.6 is 0 Å². The van der Waals surface area contributed by atoms with Crippen LogP contribution in [0.25, 0.3) is 0 Å². The topological polar surface area (TPSA) is 148 Å². The molecule has 0 aromatic heterocycles. The maximum absolute atomic E-state index is 12.7. The number of ether oxygens (including phenoxy) is 3. The number of nitrogens with one attached hydrogen (secondary N) is 1. The van der Waals surface area contributed by atoms with Gasteiger partial charge in [0.1, 0.15) is 17.9 Å². The van der Waals surface area contributed by atoms with E-state index in [1.807, 2.05) is 0 Å². The summed E-state index contributed by atoms with van der Waals surface area (Å²) in [6, 6.07) is 5.49. The Bertz CT molecular complexity index is 1210. The lowest BCUT2D eigenvalue weighted by atomic mass is 9.94. The number of esters is 1. The molecule has 0 atom stereocenters. The minimum Gasteiger partial charge on any atom is -0.496 e. The van der Waals surface area contributed by atoms with Crippen molar-refractivity contribution in [2.24, 2.45) is 0 Å². The summed E-state index contributed by atoms with van der Waals surface area (Å²) in [5.41, 5.74) is 2.96. The summed E-state index contributed by atoms with van der Waals surface area (Å²) in [5.74, 6) is -2.23. The Morgan fingerprint density at radius 3 is 2.40 bits per heavy atom. The lowest BCUT2D eigenvalue weighted by Crippen LogP contribution is -2.20. The molecule has 3 N–H and O–H groups in total. The van der Waals surface area contributed by atoms with E-state index in [2.05, 4.69) is 5.32 Å². The zero-order valence-corrected chi connectivity index (χ0v) is 19.5. The summed E-state index contributed by atoms with van der Waals surface area (Å²) in [7, 11) is 1.46. The zero-order chi connectivity index (χ0) is 25.7. The van der Waals surface area contributed by atoms with Gasteiger partial charge < -0.3 is 24.4 Å². The van der Waals surface area contributed by atoms with E-state index in [4.69, 9.17) is 24.4 Å². The van der Waals surface area contributed by atoms with Crippen LogP contribution in [-0.4, -0.2) is 41.3 Å². The summed E-state index contributed by atoms with van der Waals surface area (Å²) in [6.45, 7) is 3.58. The Balaban J connectivity index is 1.96. The number of carbonyl (C=O) groups is 4. The summed E-state index contributed by atoms with van der Waals surface area (Å²) in [4.78, 5) is 47.2. The average molecular weight is 483 g/mol. The number of hydrogen-bond donors (Lipinski definition) is 3. The van der Waals surface area contributed by atoms with Crippen LogP contribution in [0.3, 0.4) is 0 Å². The molecule has 0 spiro atoms. The van der Waals surface area contributed by atoms with Crippen molar-refractivity contribution in [1.29, 1.82) is 0 Å². The number of anilines is 1. The molecule has 0 unspecified atom stereocenters. The van der Waals surface area contributed by atoms with Crippen LogP contribution in [0.1, 0.15) is 57.2 Å². The van der Waals surface area contributed by atoms with Crippen LogP contribution in [-0.2, 0) is 22.6 Å². The second-order valence-electron chi connectivity index (χ2n) is 7.94. The molecule has 0 radical (unpaired) electrons. The summed E-state index contributed by atoms with van der Waals surface area (Å²) in [6.07, 6.45) is 1.43. The van der Waals surface area contributed by atoms with Gasteiger partial charge in [0, 0.05) is 23.2 Å². The highest BCUT2D eigenvalue weighted by molar-refractivity contribution is 6.00. The van der Waals surface area contributed by atoms with Gasteiger partial charge in [0.25, 0.3) is 0 Å². The van der Waals surface area contributed by atoms with E-state index < -0.39 is 24.0 Å². The maximum atomic E-state index is 12.7. The monoisotopic (exact) mass is 483 g/mol. The van der Waals surface area contributed by atoms with E-state index in [9.17, 15) is 19.2 Å². The van der Waals surface area contributed by atoms with Gasteiger partial charge in [-0.3, -0.25) is 10.1 Å². The fraction of sp³-hybridized carbons (Fsp3) is 0.280. The first kappa shape index (κ1) is 25.3. The average Bonchev–Trinajstić information content (AvgIpc) is 3.20. The molecule has 0 fully saturated rings. The van der Waals surface area contributed by atoms with Crippen molar-refractivity contribution >= 4 is 29.7 Å². The third-order valence-electron chi connectivity index (χ3n) is 5.59. The third kappa shape index (κ3) is 5.78. The van der Waals surface area contributed by atoms with Crippen LogP contribution < -0.4 is 14.8 Å². The molecule has 184 valence electrons. The highest BCUT2D eigenvalue weighted by Crippen LogP contribution is 2.43. The van der Waals surface area contributed by atoms with Gasteiger partial charge in [0.2, 0.25) is 0 Å². The first-order valence-corrected chi connectivity index (χ1v) is 10.7. The van der Waals surface area contributed by atoms with Crippen molar-refractivity contribution in [2.45, 2.75) is 39.7 Å². The molecule has 0 saturated carbocycles. The number of fused-ring (bicyclic) bond motifs is 1. The molecule has 1 aliphatic rings. The molecule has 10 nitrogen and oxygen atoms in total. The van der Waals surface area contributed by atoms with Gasteiger partial charge in [-0.05, 0) is 56.5 Å². The minimum absolute atomic E-state index is 0.00751. The zero-order valence-electron chi connectivity index (χ0n) is 19.5. The van der Waals surface area contributed by atoms with E-state index in [1.54, 1.807) is 19.9 Å². The largest absolute Gasteiger partial charge is 0.496 e. The normalized spacial score (nSPS) is 12.5. The molecule has 0 bridgehead atoms. The highest BCUT2D eigenvalue weighted by Gasteiger charge is 2.34. The summed E-state index contributed by atoms with van der Waals surface area (Å²) < 4.78 is 16.4. The lowest BCUT2D eigenvalue weighted by Gasteiger charge is -2.19. The van der Waals surface area contributed by atoms with Crippen molar-refractivity contribution in [3.05, 3.63) is 63.7 Å². The van der Waals surface area contributed by atoms with Crippen molar-refractivity contribution in [1.82, 2.24) is 0 Å². The van der Waals surface area contributed by atoms with E-state index in [-0.39, 0.29) is 36.3 Å². The number of aliphatic carboxylic acids is 1. The van der Waals surface area contributed by atoms with E-state index >= 15 is 0 Å². The van der Waals surface area contributed by atoms with Gasteiger partial charge in [0.05, 0.1) is 12.7 Å². The Kier molecular flexibility index (Phi) is 7.75. The van der Waals surface area contributed by atoms with Gasteiger partial charge in [-0.1, -0.05) is 11.6 Å². The number of methoxy groups -OCH3 is 1.